The molecule has 1 fully saturated rings. The van der Waals surface area contributed by atoms with Crippen molar-refractivity contribution < 1.29 is 14.5 Å². The minimum atomic E-state index is -0.596. The van der Waals surface area contributed by atoms with E-state index in [-0.39, 0.29) is 17.5 Å². The van der Waals surface area contributed by atoms with Gasteiger partial charge in [0.2, 0.25) is 5.91 Å². The van der Waals surface area contributed by atoms with Crippen molar-refractivity contribution in [3.05, 3.63) is 75.8 Å². The lowest BCUT2D eigenvalue weighted by Gasteiger charge is -2.17. The molecule has 0 spiro atoms. The molecule has 0 heterocycles. The van der Waals surface area contributed by atoms with Crippen LogP contribution in [0.15, 0.2) is 59.7 Å². The highest BCUT2D eigenvalue weighted by molar-refractivity contribution is 5.86. The van der Waals surface area contributed by atoms with E-state index >= 15 is 0 Å². The van der Waals surface area contributed by atoms with E-state index in [1.54, 1.807) is 12.1 Å². The molecule has 1 saturated carbocycles. The molecule has 26 heavy (non-hydrogen) atoms. The maximum Gasteiger partial charge on any atom is 0.270 e. The number of carbonyl (C=O) groups excluding carboxylic acids is 1. The number of carbonyl (C=O) groups is 1. The first-order valence-electron chi connectivity index (χ1n) is 8.33. The SMILES string of the molecule is CCO[C@]1(c2ccccc2)C[C@@H]1C(=O)N/N=C\c1cccc([N+](=O)[O-])c1. The van der Waals surface area contributed by atoms with Crippen LogP contribution < -0.4 is 5.43 Å². The Morgan fingerprint density at radius 2 is 2.12 bits per heavy atom. The summed E-state index contributed by atoms with van der Waals surface area (Å²) in [7, 11) is 0. The van der Waals surface area contributed by atoms with Gasteiger partial charge in [-0.25, -0.2) is 5.43 Å². The molecular weight excluding hydrogens is 334 g/mol. The van der Waals surface area contributed by atoms with Gasteiger partial charge in [0.15, 0.2) is 0 Å². The van der Waals surface area contributed by atoms with Crippen LogP contribution >= 0.6 is 0 Å². The number of hydrogen-bond acceptors (Lipinski definition) is 5. The number of ether oxygens (including phenoxy) is 1. The number of amides is 1. The minimum Gasteiger partial charge on any atom is -0.370 e. The summed E-state index contributed by atoms with van der Waals surface area (Å²) in [6.45, 7) is 2.41. The molecule has 0 unspecified atom stereocenters. The van der Waals surface area contributed by atoms with Gasteiger partial charge in [0.05, 0.1) is 17.1 Å². The van der Waals surface area contributed by atoms with Crippen LogP contribution in [0.2, 0.25) is 0 Å². The second kappa shape index (κ2) is 7.45. The number of hydrazone groups is 1. The predicted octanol–water partition coefficient (Wildman–Crippen LogP) is 3.00. The first-order chi connectivity index (χ1) is 12.6. The molecule has 2 atom stereocenters. The number of nitro groups is 1. The van der Waals surface area contributed by atoms with Crippen molar-refractivity contribution >= 4 is 17.8 Å². The molecule has 7 nitrogen and oxygen atoms in total. The van der Waals surface area contributed by atoms with Gasteiger partial charge < -0.3 is 4.74 Å². The van der Waals surface area contributed by atoms with Crippen LogP contribution in [0.4, 0.5) is 5.69 Å². The van der Waals surface area contributed by atoms with Crippen molar-refractivity contribution in [1.29, 1.82) is 0 Å². The average Bonchev–Trinajstić information content (AvgIpc) is 3.39. The summed E-state index contributed by atoms with van der Waals surface area (Å²) in [6.07, 6.45) is 1.99. The Labute approximate surface area is 150 Å². The maximum absolute atomic E-state index is 12.4. The molecule has 134 valence electrons. The molecule has 1 amide bonds. The normalized spacial score (nSPS) is 21.5. The average molecular weight is 353 g/mol. The van der Waals surface area contributed by atoms with Gasteiger partial charge in [0, 0.05) is 24.3 Å². The van der Waals surface area contributed by atoms with Gasteiger partial charge in [-0.1, -0.05) is 42.5 Å². The fourth-order valence-corrected chi connectivity index (χ4v) is 3.06. The highest BCUT2D eigenvalue weighted by Gasteiger charge is 2.60. The molecule has 3 rings (SSSR count). The zero-order valence-electron chi connectivity index (χ0n) is 14.3. The Hall–Kier alpha value is -3.06. The lowest BCUT2D eigenvalue weighted by molar-refractivity contribution is -0.384. The number of hydrogen-bond donors (Lipinski definition) is 1. The van der Waals surface area contributed by atoms with Gasteiger partial charge in [-0.3, -0.25) is 14.9 Å². The summed E-state index contributed by atoms with van der Waals surface area (Å²) >= 11 is 0. The van der Waals surface area contributed by atoms with Crippen molar-refractivity contribution in [2.75, 3.05) is 6.61 Å². The monoisotopic (exact) mass is 353 g/mol. The first-order valence-corrected chi connectivity index (χ1v) is 8.33. The van der Waals surface area contributed by atoms with Gasteiger partial charge in [0.25, 0.3) is 5.69 Å². The first kappa shape index (κ1) is 17.8. The lowest BCUT2D eigenvalue weighted by atomic mass is 10.1. The van der Waals surface area contributed by atoms with E-state index in [9.17, 15) is 14.9 Å². The molecule has 1 aliphatic rings. The summed E-state index contributed by atoms with van der Waals surface area (Å²) in [5, 5.41) is 14.7. The molecule has 7 heteroatoms. The molecule has 0 saturated heterocycles. The summed E-state index contributed by atoms with van der Waals surface area (Å²) in [6, 6.07) is 15.7. The molecule has 1 aliphatic carbocycles. The van der Waals surface area contributed by atoms with E-state index in [1.165, 1.54) is 18.3 Å². The van der Waals surface area contributed by atoms with Gasteiger partial charge in [0.1, 0.15) is 5.60 Å². The number of rotatable bonds is 7. The van der Waals surface area contributed by atoms with Crippen LogP contribution in [0.5, 0.6) is 0 Å². The Bertz CT molecular complexity index is 838. The Kier molecular flexibility index (Phi) is 5.09. The van der Waals surface area contributed by atoms with E-state index in [1.807, 2.05) is 37.3 Å². The number of nitrogens with one attached hydrogen (secondary N) is 1. The second-order valence-electron chi connectivity index (χ2n) is 6.03. The van der Waals surface area contributed by atoms with Crippen LogP contribution in [0.25, 0.3) is 0 Å². The van der Waals surface area contributed by atoms with Crippen molar-refractivity contribution in [2.45, 2.75) is 18.9 Å². The van der Waals surface area contributed by atoms with Crippen LogP contribution in [0, 0.1) is 16.0 Å². The lowest BCUT2D eigenvalue weighted by Crippen LogP contribution is -2.26. The van der Waals surface area contributed by atoms with Gasteiger partial charge in [-0.15, -0.1) is 0 Å². The fraction of sp³-hybridized carbons (Fsp3) is 0.263. The van der Waals surface area contributed by atoms with Crippen LogP contribution in [0.1, 0.15) is 24.5 Å². The zero-order chi connectivity index (χ0) is 18.6. The van der Waals surface area contributed by atoms with Crippen molar-refractivity contribution in [3.63, 3.8) is 0 Å². The Morgan fingerprint density at radius 1 is 1.35 bits per heavy atom. The Morgan fingerprint density at radius 3 is 2.81 bits per heavy atom. The van der Waals surface area contributed by atoms with Crippen molar-refractivity contribution in [3.8, 4) is 0 Å². The van der Waals surface area contributed by atoms with Gasteiger partial charge in [-0.2, -0.15) is 5.10 Å². The highest BCUT2D eigenvalue weighted by Crippen LogP contribution is 2.55. The second-order valence-corrected chi connectivity index (χ2v) is 6.03. The third-order valence-corrected chi connectivity index (χ3v) is 4.36. The molecule has 2 aromatic carbocycles. The van der Waals surface area contributed by atoms with E-state index < -0.39 is 10.5 Å². The van der Waals surface area contributed by atoms with Crippen molar-refractivity contribution in [2.24, 2.45) is 11.0 Å². The Balaban J connectivity index is 1.65. The molecule has 0 aliphatic heterocycles. The quantitative estimate of drug-likeness (QED) is 0.470. The summed E-state index contributed by atoms with van der Waals surface area (Å²) in [5.74, 6) is -0.545. The zero-order valence-corrected chi connectivity index (χ0v) is 14.3. The van der Waals surface area contributed by atoms with Gasteiger partial charge in [-0.05, 0) is 18.9 Å². The molecule has 1 N–H and O–H groups in total. The largest absolute Gasteiger partial charge is 0.370 e. The predicted molar refractivity (Wildman–Crippen MR) is 96.7 cm³/mol. The number of nitro benzene ring substituents is 1. The molecule has 0 radical (unpaired) electrons. The van der Waals surface area contributed by atoms with Gasteiger partial charge >= 0.3 is 0 Å². The van der Waals surface area contributed by atoms with Crippen LogP contribution in [-0.4, -0.2) is 23.7 Å². The molecular formula is C19H19N3O4. The third kappa shape index (κ3) is 3.62. The number of nitrogens with zero attached hydrogens (tertiary/aromatic N) is 2. The molecule has 2 aromatic rings. The summed E-state index contributed by atoms with van der Waals surface area (Å²) in [4.78, 5) is 22.7. The summed E-state index contributed by atoms with van der Waals surface area (Å²) in [5.41, 5.74) is 3.40. The maximum atomic E-state index is 12.4. The topological polar surface area (TPSA) is 93.8 Å². The highest BCUT2D eigenvalue weighted by atomic mass is 16.6. The van der Waals surface area contributed by atoms with E-state index in [0.29, 0.717) is 18.6 Å². The standard InChI is InChI=1S/C19H19N3O4/c1-2-26-19(15-8-4-3-5-9-15)12-17(19)18(23)21-20-13-14-7-6-10-16(11-14)22(24)25/h3-11,13,17H,2,12H2,1H3,(H,21,23)/b20-13-/t17-,19+/m1/s1. The van der Waals surface area contributed by atoms with E-state index in [0.717, 1.165) is 5.56 Å². The fourth-order valence-electron chi connectivity index (χ4n) is 3.06. The molecule has 0 aromatic heterocycles. The molecule has 0 bridgehead atoms. The van der Waals surface area contributed by atoms with E-state index in [2.05, 4.69) is 10.5 Å². The van der Waals surface area contributed by atoms with E-state index in [4.69, 9.17) is 4.74 Å². The number of benzene rings is 2. The number of non-ortho nitro benzene ring substituents is 1. The third-order valence-electron chi connectivity index (χ3n) is 4.36. The van der Waals surface area contributed by atoms with Crippen molar-refractivity contribution in [1.82, 2.24) is 5.43 Å². The summed E-state index contributed by atoms with van der Waals surface area (Å²) < 4.78 is 5.88. The smallest absolute Gasteiger partial charge is 0.270 e. The van der Waals surface area contributed by atoms with Crippen LogP contribution in [0.3, 0.4) is 0 Å². The minimum absolute atomic E-state index is 0.0260. The van der Waals surface area contributed by atoms with Crippen LogP contribution in [-0.2, 0) is 15.1 Å².